The van der Waals surface area contributed by atoms with Gasteiger partial charge in [-0.15, -0.1) is 0 Å². The van der Waals surface area contributed by atoms with Crippen LogP contribution in [0.4, 0.5) is 0 Å². The van der Waals surface area contributed by atoms with Crippen LogP contribution in [0.5, 0.6) is 0 Å². The first-order valence-corrected chi connectivity index (χ1v) is 16.6. The molecule has 6 saturated carbocycles. The number of carbonyl (C=O) groups excluding carboxylic acids is 4. The Labute approximate surface area is 255 Å². The van der Waals surface area contributed by atoms with Crippen molar-refractivity contribution in [2.45, 2.75) is 71.1 Å². The average molecular weight is 597 g/mol. The molecule has 0 saturated heterocycles. The monoisotopic (exact) mass is 596 g/mol. The van der Waals surface area contributed by atoms with E-state index >= 15 is 0 Å². The number of carbonyl (C=O) groups is 4. The fraction of sp³-hybridized carbons (Fsp3) is 0.771. The van der Waals surface area contributed by atoms with Crippen LogP contribution in [0.2, 0.25) is 0 Å². The van der Waals surface area contributed by atoms with Gasteiger partial charge in [0.1, 0.15) is 6.42 Å². The van der Waals surface area contributed by atoms with Gasteiger partial charge in [-0.1, -0.05) is 13.2 Å². The van der Waals surface area contributed by atoms with Gasteiger partial charge in [-0.3, -0.25) is 9.59 Å². The van der Waals surface area contributed by atoms with Crippen LogP contribution in [0.3, 0.4) is 0 Å². The first kappa shape index (κ1) is 30.4. The van der Waals surface area contributed by atoms with E-state index in [9.17, 15) is 19.2 Å². The van der Waals surface area contributed by atoms with Gasteiger partial charge in [-0.25, -0.2) is 9.59 Å². The lowest BCUT2D eigenvalue weighted by Crippen LogP contribution is -2.28. The quantitative estimate of drug-likeness (QED) is 0.129. The number of fused-ring (bicyclic) bond motifs is 9. The highest BCUT2D eigenvalue weighted by Crippen LogP contribution is 2.62. The molecule has 0 aliphatic heterocycles. The fourth-order valence-corrected chi connectivity index (χ4v) is 10.7. The van der Waals surface area contributed by atoms with E-state index in [0.717, 1.165) is 38.5 Å². The summed E-state index contributed by atoms with van der Waals surface area (Å²) in [5.74, 6) is 4.89. The van der Waals surface area contributed by atoms with Crippen LogP contribution in [0.1, 0.15) is 71.1 Å². The van der Waals surface area contributed by atoms with Crippen molar-refractivity contribution in [3.8, 4) is 0 Å². The van der Waals surface area contributed by atoms with Crippen LogP contribution in [0.15, 0.2) is 24.8 Å². The van der Waals surface area contributed by atoms with Crippen molar-refractivity contribution in [3.05, 3.63) is 24.8 Å². The van der Waals surface area contributed by atoms with Crippen LogP contribution in [0, 0.1) is 71.0 Å². The molecule has 0 aromatic heterocycles. The van der Waals surface area contributed by atoms with Gasteiger partial charge >= 0.3 is 23.9 Å². The molecule has 12 atom stereocenters. The van der Waals surface area contributed by atoms with Crippen molar-refractivity contribution < 1.29 is 38.1 Å². The number of esters is 4. The smallest absolute Gasteiger partial charge is 0.333 e. The van der Waals surface area contributed by atoms with Crippen LogP contribution < -0.4 is 0 Å². The van der Waals surface area contributed by atoms with Gasteiger partial charge in [0, 0.05) is 11.6 Å². The highest BCUT2D eigenvalue weighted by molar-refractivity contribution is 5.91. The van der Waals surface area contributed by atoms with Crippen molar-refractivity contribution in [3.63, 3.8) is 0 Å². The molecule has 0 aromatic carbocycles. The predicted octanol–water partition coefficient (Wildman–Crippen LogP) is 5.30. The van der Waals surface area contributed by atoms with E-state index in [1.165, 1.54) is 25.3 Å². The molecule has 0 heterocycles. The molecule has 236 valence electrons. The molecule has 12 unspecified atom stereocenters. The van der Waals surface area contributed by atoms with E-state index in [-0.39, 0.29) is 18.4 Å². The van der Waals surface area contributed by atoms with E-state index in [0.29, 0.717) is 103 Å². The maximum atomic E-state index is 12.6. The van der Waals surface area contributed by atoms with Gasteiger partial charge in [-0.05, 0) is 136 Å². The third-order valence-corrected chi connectivity index (χ3v) is 12.2. The molecule has 0 radical (unpaired) electrons. The van der Waals surface area contributed by atoms with Gasteiger partial charge in [0.05, 0.1) is 26.4 Å². The highest BCUT2D eigenvalue weighted by Gasteiger charge is 2.56. The number of ether oxygens (including phenoxy) is 4. The predicted molar refractivity (Wildman–Crippen MR) is 157 cm³/mol. The van der Waals surface area contributed by atoms with Crippen molar-refractivity contribution >= 4 is 23.9 Å². The van der Waals surface area contributed by atoms with Crippen molar-refractivity contribution in [2.24, 2.45) is 71.0 Å². The maximum absolute atomic E-state index is 12.6. The minimum Gasteiger partial charge on any atom is -0.465 e. The van der Waals surface area contributed by atoms with Crippen LogP contribution >= 0.6 is 0 Å². The van der Waals surface area contributed by atoms with E-state index in [1.807, 2.05) is 0 Å². The van der Waals surface area contributed by atoms with Crippen LogP contribution in [-0.4, -0.2) is 50.3 Å². The average Bonchev–Trinajstić information content (AvgIpc) is 3.79. The van der Waals surface area contributed by atoms with Crippen LogP contribution in [-0.2, 0) is 38.1 Å². The molecule has 6 rings (SSSR count). The van der Waals surface area contributed by atoms with Gasteiger partial charge in [-0.2, -0.15) is 0 Å². The molecule has 4 bridgehead atoms. The second kappa shape index (κ2) is 12.8. The van der Waals surface area contributed by atoms with Crippen molar-refractivity contribution in [1.82, 2.24) is 0 Å². The SMILES string of the molecule is C=CC(=O)OCC1CC2CC3CC(COC(=O)CC(=O)OCC4CC5C6CC(COC(=O)C(=C)C)C(C6)C5C4)C(C3)C2C1. The summed E-state index contributed by atoms with van der Waals surface area (Å²) in [6.45, 7) is 10.5. The Bertz CT molecular complexity index is 1130. The molecular weight excluding hydrogens is 548 g/mol. The minimum absolute atomic E-state index is 0.304. The molecule has 8 heteroatoms. The Hall–Kier alpha value is -2.64. The lowest BCUT2D eigenvalue weighted by molar-refractivity contribution is -0.156. The second-order valence-electron chi connectivity index (χ2n) is 14.8. The number of hydrogen-bond donors (Lipinski definition) is 0. The van der Waals surface area contributed by atoms with Crippen molar-refractivity contribution in [2.75, 3.05) is 26.4 Å². The zero-order valence-corrected chi connectivity index (χ0v) is 25.6. The summed E-state index contributed by atoms with van der Waals surface area (Å²) in [5, 5.41) is 0. The Morgan fingerprint density at radius 2 is 1.21 bits per heavy atom. The Morgan fingerprint density at radius 1 is 0.628 bits per heavy atom. The van der Waals surface area contributed by atoms with E-state index in [4.69, 9.17) is 18.9 Å². The van der Waals surface area contributed by atoms with Gasteiger partial charge in [0.15, 0.2) is 0 Å². The second-order valence-corrected chi connectivity index (χ2v) is 14.8. The third kappa shape index (κ3) is 6.58. The normalized spacial score (nSPS) is 39.9. The molecule has 0 spiro atoms. The first-order chi connectivity index (χ1) is 20.7. The van der Waals surface area contributed by atoms with E-state index in [1.54, 1.807) is 6.92 Å². The van der Waals surface area contributed by atoms with Crippen LogP contribution in [0.25, 0.3) is 0 Å². The van der Waals surface area contributed by atoms with E-state index in [2.05, 4.69) is 13.2 Å². The van der Waals surface area contributed by atoms with Gasteiger partial charge in [0.25, 0.3) is 0 Å². The molecule has 0 aromatic rings. The summed E-state index contributed by atoms with van der Waals surface area (Å²) in [6.07, 6.45) is 11.0. The van der Waals surface area contributed by atoms with Crippen molar-refractivity contribution in [1.29, 1.82) is 0 Å². The first-order valence-electron chi connectivity index (χ1n) is 16.6. The summed E-state index contributed by atoms with van der Waals surface area (Å²) in [7, 11) is 0. The summed E-state index contributed by atoms with van der Waals surface area (Å²) >= 11 is 0. The Morgan fingerprint density at radius 3 is 1.95 bits per heavy atom. The topological polar surface area (TPSA) is 105 Å². The highest BCUT2D eigenvalue weighted by atomic mass is 16.6. The molecule has 0 N–H and O–H groups in total. The van der Waals surface area contributed by atoms with Gasteiger partial charge in [0.2, 0.25) is 0 Å². The Kier molecular flexibility index (Phi) is 9.02. The fourth-order valence-electron chi connectivity index (χ4n) is 10.7. The largest absolute Gasteiger partial charge is 0.465 e. The summed E-state index contributed by atoms with van der Waals surface area (Å²) in [6, 6.07) is 0. The minimum atomic E-state index is -0.493. The maximum Gasteiger partial charge on any atom is 0.333 e. The zero-order chi connectivity index (χ0) is 30.2. The van der Waals surface area contributed by atoms with Gasteiger partial charge < -0.3 is 18.9 Å². The Balaban J connectivity index is 0.890. The molecule has 6 aliphatic rings. The summed E-state index contributed by atoms with van der Waals surface area (Å²) in [5.41, 5.74) is 0.441. The molecule has 43 heavy (non-hydrogen) atoms. The molecular formula is C35H48O8. The number of hydrogen-bond acceptors (Lipinski definition) is 8. The molecule has 6 aliphatic carbocycles. The molecule has 6 fully saturated rings. The standard InChI is InChI=1S/C35H48O8/c1-4-32(36)40-15-21-7-23-5-20-6-25(29(8-20)27(23)9-21)17-42-34(38)14-33(37)41-16-22-10-28-24-12-26(18-43-35(39)19(2)3)30(13-24)31(28)11-22/h4,20-31H,1-2,5-18H2,3H3. The molecule has 0 amide bonds. The molecule has 8 nitrogen and oxygen atoms in total. The number of rotatable bonds is 12. The van der Waals surface area contributed by atoms with E-state index < -0.39 is 11.9 Å². The summed E-state index contributed by atoms with van der Waals surface area (Å²) in [4.78, 5) is 48.4. The lowest BCUT2D eigenvalue weighted by atomic mass is 9.72. The summed E-state index contributed by atoms with van der Waals surface area (Å²) < 4.78 is 22.0. The lowest BCUT2D eigenvalue weighted by Gasteiger charge is -2.33. The zero-order valence-electron chi connectivity index (χ0n) is 25.6. The third-order valence-electron chi connectivity index (χ3n) is 12.2.